The van der Waals surface area contributed by atoms with Crippen LogP contribution in [0, 0.1) is 6.92 Å². The van der Waals surface area contributed by atoms with Gasteiger partial charge >= 0.3 is 0 Å². The quantitative estimate of drug-likeness (QED) is 0.907. The zero-order valence-electron chi connectivity index (χ0n) is 13.3. The fraction of sp³-hybridized carbons (Fsp3) is 0.588. The molecule has 0 unspecified atom stereocenters. The Bertz CT molecular complexity index is 508. The minimum atomic E-state index is -0.290. The van der Waals surface area contributed by atoms with Gasteiger partial charge in [-0.2, -0.15) is 0 Å². The van der Waals surface area contributed by atoms with Crippen LogP contribution in [0.25, 0.3) is 0 Å². The van der Waals surface area contributed by atoms with E-state index in [1.165, 1.54) is 0 Å². The summed E-state index contributed by atoms with van der Waals surface area (Å²) in [6.45, 7) is 2.60. The summed E-state index contributed by atoms with van der Waals surface area (Å²) in [4.78, 5) is 14.2. The van der Waals surface area contributed by atoms with Crippen molar-refractivity contribution in [2.24, 2.45) is 5.73 Å². The van der Waals surface area contributed by atoms with Crippen molar-refractivity contribution >= 4 is 5.91 Å². The predicted octanol–water partition coefficient (Wildman–Crippen LogP) is 2.62. The van der Waals surface area contributed by atoms with Gasteiger partial charge in [-0.25, -0.2) is 0 Å². The molecule has 0 atom stereocenters. The molecule has 1 aromatic rings. The van der Waals surface area contributed by atoms with Crippen LogP contribution < -0.4 is 10.5 Å². The van der Waals surface area contributed by atoms with Crippen molar-refractivity contribution in [1.29, 1.82) is 0 Å². The molecular formula is C17H26N2O2. The third-order valence-corrected chi connectivity index (χ3v) is 4.37. The topological polar surface area (TPSA) is 55.6 Å². The largest absolute Gasteiger partial charge is 0.496 e. The van der Waals surface area contributed by atoms with E-state index in [1.54, 1.807) is 12.0 Å². The monoisotopic (exact) mass is 290 g/mol. The van der Waals surface area contributed by atoms with E-state index >= 15 is 0 Å². The van der Waals surface area contributed by atoms with E-state index in [0.29, 0.717) is 13.0 Å². The second-order valence-electron chi connectivity index (χ2n) is 6.31. The molecule has 1 amide bonds. The van der Waals surface area contributed by atoms with Crippen molar-refractivity contribution in [3.8, 4) is 5.75 Å². The van der Waals surface area contributed by atoms with E-state index in [4.69, 9.17) is 10.5 Å². The molecule has 1 aromatic carbocycles. The van der Waals surface area contributed by atoms with Crippen molar-refractivity contribution in [2.75, 3.05) is 14.2 Å². The van der Waals surface area contributed by atoms with Crippen molar-refractivity contribution in [3.63, 3.8) is 0 Å². The molecule has 0 aromatic heterocycles. The number of hydrogen-bond acceptors (Lipinski definition) is 3. The summed E-state index contributed by atoms with van der Waals surface area (Å²) >= 11 is 0. The number of carbonyl (C=O) groups is 1. The summed E-state index contributed by atoms with van der Waals surface area (Å²) in [6.07, 6.45) is 4.64. The van der Waals surface area contributed by atoms with Gasteiger partial charge in [-0.1, -0.05) is 30.5 Å². The number of carbonyl (C=O) groups excluding carboxylic acids is 1. The molecule has 4 nitrogen and oxygen atoms in total. The summed E-state index contributed by atoms with van der Waals surface area (Å²) in [5.41, 5.74) is 8.21. The summed E-state index contributed by atoms with van der Waals surface area (Å²) in [5, 5.41) is 0. The highest BCUT2D eigenvalue weighted by Gasteiger charge is 2.32. The molecule has 4 heteroatoms. The van der Waals surface area contributed by atoms with E-state index in [0.717, 1.165) is 42.6 Å². The van der Waals surface area contributed by atoms with Gasteiger partial charge in [-0.15, -0.1) is 0 Å². The van der Waals surface area contributed by atoms with Crippen molar-refractivity contribution in [2.45, 2.75) is 51.1 Å². The maximum absolute atomic E-state index is 12.4. The minimum Gasteiger partial charge on any atom is -0.496 e. The van der Waals surface area contributed by atoms with Crippen LogP contribution in [-0.2, 0) is 11.3 Å². The van der Waals surface area contributed by atoms with E-state index in [2.05, 4.69) is 6.07 Å². The first-order valence-electron chi connectivity index (χ1n) is 7.60. The number of nitrogens with two attached hydrogens (primary N) is 1. The Morgan fingerprint density at radius 2 is 2.05 bits per heavy atom. The highest BCUT2D eigenvalue weighted by atomic mass is 16.5. The highest BCUT2D eigenvalue weighted by molar-refractivity contribution is 5.77. The second-order valence-corrected chi connectivity index (χ2v) is 6.31. The lowest BCUT2D eigenvalue weighted by Crippen LogP contribution is -2.42. The lowest BCUT2D eigenvalue weighted by atomic mass is 9.94. The van der Waals surface area contributed by atoms with Gasteiger partial charge in [0.15, 0.2) is 0 Å². The Kier molecular flexibility index (Phi) is 4.88. The Balaban J connectivity index is 2.02. The van der Waals surface area contributed by atoms with Crippen LogP contribution in [0.3, 0.4) is 0 Å². The summed E-state index contributed by atoms with van der Waals surface area (Å²) in [6, 6.07) is 6.03. The molecule has 0 spiro atoms. The molecule has 116 valence electrons. The van der Waals surface area contributed by atoms with Crippen LogP contribution in [0.1, 0.15) is 43.2 Å². The molecule has 0 heterocycles. The Hall–Kier alpha value is -1.55. The van der Waals surface area contributed by atoms with Crippen LogP contribution in [0.15, 0.2) is 18.2 Å². The van der Waals surface area contributed by atoms with Gasteiger partial charge < -0.3 is 15.4 Å². The summed E-state index contributed by atoms with van der Waals surface area (Å²) in [5.74, 6) is 0.937. The first-order valence-corrected chi connectivity index (χ1v) is 7.60. The molecule has 1 aliphatic rings. The minimum absolute atomic E-state index is 0.114. The van der Waals surface area contributed by atoms with Gasteiger partial charge in [0.05, 0.1) is 7.11 Å². The van der Waals surface area contributed by atoms with Gasteiger partial charge in [0.25, 0.3) is 0 Å². The molecule has 0 bridgehead atoms. The SMILES string of the molecule is COc1ccc(C)cc1CN(C)C(=O)CC1(N)CCCC1. The average Bonchev–Trinajstić information content (AvgIpc) is 2.85. The molecular weight excluding hydrogens is 264 g/mol. The molecule has 21 heavy (non-hydrogen) atoms. The van der Waals surface area contributed by atoms with Crippen LogP contribution in [-0.4, -0.2) is 30.5 Å². The van der Waals surface area contributed by atoms with Crippen molar-refractivity contribution in [1.82, 2.24) is 4.90 Å². The lowest BCUT2D eigenvalue weighted by molar-refractivity contribution is -0.131. The molecule has 2 rings (SSSR count). The number of aryl methyl sites for hydroxylation is 1. The van der Waals surface area contributed by atoms with E-state index < -0.39 is 0 Å². The van der Waals surface area contributed by atoms with Gasteiger partial charge in [-0.3, -0.25) is 4.79 Å². The van der Waals surface area contributed by atoms with Gasteiger partial charge in [0.2, 0.25) is 5.91 Å². The maximum atomic E-state index is 12.4. The number of nitrogens with zero attached hydrogens (tertiary/aromatic N) is 1. The molecule has 0 aliphatic heterocycles. The number of hydrogen-bond donors (Lipinski definition) is 1. The number of ether oxygens (including phenoxy) is 1. The van der Waals surface area contributed by atoms with Crippen molar-refractivity contribution < 1.29 is 9.53 Å². The fourth-order valence-electron chi connectivity index (χ4n) is 3.07. The molecule has 0 saturated heterocycles. The van der Waals surface area contributed by atoms with E-state index in [-0.39, 0.29) is 11.4 Å². The van der Waals surface area contributed by atoms with Crippen LogP contribution in [0.2, 0.25) is 0 Å². The highest BCUT2D eigenvalue weighted by Crippen LogP contribution is 2.31. The molecule has 1 fully saturated rings. The Morgan fingerprint density at radius 3 is 2.67 bits per heavy atom. The zero-order chi connectivity index (χ0) is 15.5. The Morgan fingerprint density at radius 1 is 1.38 bits per heavy atom. The third-order valence-electron chi connectivity index (χ3n) is 4.37. The van der Waals surface area contributed by atoms with Gasteiger partial charge in [-0.05, 0) is 25.8 Å². The maximum Gasteiger partial charge on any atom is 0.224 e. The predicted molar refractivity (Wildman–Crippen MR) is 84.2 cm³/mol. The van der Waals surface area contributed by atoms with E-state index in [1.807, 2.05) is 26.1 Å². The molecule has 0 radical (unpaired) electrons. The van der Waals surface area contributed by atoms with Crippen LogP contribution in [0.5, 0.6) is 5.75 Å². The first kappa shape index (κ1) is 15.8. The van der Waals surface area contributed by atoms with Gasteiger partial charge in [0.1, 0.15) is 5.75 Å². The van der Waals surface area contributed by atoms with Crippen LogP contribution >= 0.6 is 0 Å². The van der Waals surface area contributed by atoms with Gasteiger partial charge in [0, 0.05) is 31.1 Å². The molecule has 2 N–H and O–H groups in total. The first-order chi connectivity index (χ1) is 9.93. The van der Waals surface area contributed by atoms with E-state index in [9.17, 15) is 4.79 Å². The number of benzene rings is 1. The fourth-order valence-corrected chi connectivity index (χ4v) is 3.07. The smallest absolute Gasteiger partial charge is 0.224 e. The third kappa shape index (κ3) is 3.97. The van der Waals surface area contributed by atoms with Crippen molar-refractivity contribution in [3.05, 3.63) is 29.3 Å². The standard InChI is InChI=1S/C17H26N2O2/c1-13-6-7-15(21-3)14(10-13)12-19(2)16(20)11-17(18)8-4-5-9-17/h6-7,10H,4-5,8-9,11-12,18H2,1-3H3. The zero-order valence-corrected chi connectivity index (χ0v) is 13.3. The molecule has 1 aliphatic carbocycles. The Labute approximate surface area is 127 Å². The summed E-state index contributed by atoms with van der Waals surface area (Å²) in [7, 11) is 3.49. The molecule has 1 saturated carbocycles. The summed E-state index contributed by atoms with van der Waals surface area (Å²) < 4.78 is 5.37. The number of amides is 1. The lowest BCUT2D eigenvalue weighted by Gasteiger charge is -2.26. The number of rotatable bonds is 5. The van der Waals surface area contributed by atoms with Crippen LogP contribution in [0.4, 0.5) is 0 Å². The average molecular weight is 290 g/mol. The number of methoxy groups -OCH3 is 1. The second kappa shape index (κ2) is 6.48. The normalized spacial score (nSPS) is 16.8.